The summed E-state index contributed by atoms with van der Waals surface area (Å²) in [5, 5.41) is 3.31. The van der Waals surface area contributed by atoms with Gasteiger partial charge in [0.15, 0.2) is 0 Å². The molecule has 0 bridgehead atoms. The van der Waals surface area contributed by atoms with Gasteiger partial charge in [-0.15, -0.1) is 0 Å². The smallest absolute Gasteiger partial charge is 0.240 e. The molecular weight excluding hydrogens is 343 g/mol. The summed E-state index contributed by atoms with van der Waals surface area (Å²) in [4.78, 5) is 26.4. The first-order valence-corrected chi connectivity index (χ1v) is 8.30. The second-order valence-corrected chi connectivity index (χ2v) is 7.02. The highest BCUT2D eigenvalue weighted by molar-refractivity contribution is 6.31. The Kier molecular flexibility index (Phi) is 4.52. The van der Waals surface area contributed by atoms with E-state index in [1.165, 1.54) is 17.0 Å². The Morgan fingerprint density at radius 2 is 1.88 bits per heavy atom. The van der Waals surface area contributed by atoms with E-state index in [9.17, 15) is 14.0 Å². The molecule has 2 amide bonds. The van der Waals surface area contributed by atoms with Crippen LogP contribution in [-0.2, 0) is 21.5 Å². The lowest BCUT2D eigenvalue weighted by molar-refractivity contribution is -0.125. The number of carbonyl (C=O) groups is 2. The number of hydrogen-bond donors (Lipinski definition) is 1. The van der Waals surface area contributed by atoms with E-state index >= 15 is 0 Å². The van der Waals surface area contributed by atoms with Gasteiger partial charge in [0.05, 0.1) is 5.41 Å². The number of benzene rings is 2. The third kappa shape index (κ3) is 3.37. The van der Waals surface area contributed by atoms with Gasteiger partial charge in [-0.05, 0) is 55.3 Å². The molecule has 0 radical (unpaired) electrons. The van der Waals surface area contributed by atoms with E-state index in [0.717, 1.165) is 11.1 Å². The molecule has 1 heterocycles. The Morgan fingerprint density at radius 1 is 1.20 bits per heavy atom. The molecule has 0 aromatic heterocycles. The summed E-state index contributed by atoms with van der Waals surface area (Å²) in [6.07, 6.45) is 0. The molecule has 0 aliphatic carbocycles. The molecule has 4 nitrogen and oxygen atoms in total. The Morgan fingerprint density at radius 3 is 2.56 bits per heavy atom. The van der Waals surface area contributed by atoms with Crippen LogP contribution in [0.25, 0.3) is 0 Å². The third-order valence-corrected chi connectivity index (χ3v) is 4.64. The summed E-state index contributed by atoms with van der Waals surface area (Å²) in [7, 11) is 0. The Labute approximate surface area is 150 Å². The van der Waals surface area contributed by atoms with Crippen molar-refractivity contribution in [2.24, 2.45) is 0 Å². The zero-order chi connectivity index (χ0) is 18.2. The Balaban J connectivity index is 1.71. The van der Waals surface area contributed by atoms with E-state index in [1.54, 1.807) is 30.3 Å². The first-order valence-electron chi connectivity index (χ1n) is 7.92. The zero-order valence-electron chi connectivity index (χ0n) is 14.0. The van der Waals surface area contributed by atoms with Gasteiger partial charge in [-0.3, -0.25) is 9.59 Å². The number of nitrogens with one attached hydrogen (secondary N) is 1. The Bertz CT molecular complexity index is 834. The fraction of sp³-hybridized carbons (Fsp3) is 0.263. The van der Waals surface area contributed by atoms with Gasteiger partial charge >= 0.3 is 0 Å². The minimum absolute atomic E-state index is 0.0713. The Hall–Kier alpha value is -2.40. The lowest BCUT2D eigenvalue weighted by atomic mass is 9.86. The average Bonchev–Trinajstić information content (AvgIpc) is 2.75. The van der Waals surface area contributed by atoms with E-state index in [-0.39, 0.29) is 30.7 Å². The first kappa shape index (κ1) is 17.4. The number of fused-ring (bicyclic) bond motifs is 1. The van der Waals surface area contributed by atoms with Crippen LogP contribution in [-0.4, -0.2) is 18.4 Å². The molecule has 0 atom stereocenters. The molecule has 6 heteroatoms. The molecule has 0 fully saturated rings. The van der Waals surface area contributed by atoms with Crippen LogP contribution in [0.4, 0.5) is 10.1 Å². The van der Waals surface area contributed by atoms with Crippen molar-refractivity contribution in [2.45, 2.75) is 25.8 Å². The van der Waals surface area contributed by atoms with E-state index in [0.29, 0.717) is 10.7 Å². The number of anilines is 1. The van der Waals surface area contributed by atoms with Crippen molar-refractivity contribution in [3.63, 3.8) is 0 Å². The minimum Gasteiger partial charge on any atom is -0.350 e. The van der Waals surface area contributed by atoms with Crippen LogP contribution in [0, 0.1) is 5.82 Å². The molecule has 1 aliphatic heterocycles. The van der Waals surface area contributed by atoms with Gasteiger partial charge in [0.25, 0.3) is 0 Å². The monoisotopic (exact) mass is 360 g/mol. The predicted octanol–water partition coefficient (Wildman–Crippen LogP) is 3.42. The maximum absolute atomic E-state index is 12.9. The van der Waals surface area contributed by atoms with E-state index in [1.807, 2.05) is 13.8 Å². The average molecular weight is 361 g/mol. The largest absolute Gasteiger partial charge is 0.350 e. The first-order chi connectivity index (χ1) is 11.8. The van der Waals surface area contributed by atoms with Crippen LogP contribution in [0.5, 0.6) is 0 Å². The second-order valence-electron chi connectivity index (χ2n) is 6.58. The minimum atomic E-state index is -0.725. The van der Waals surface area contributed by atoms with Crippen LogP contribution >= 0.6 is 11.6 Å². The number of carbonyl (C=O) groups excluding carboxylic acids is 2. The van der Waals surface area contributed by atoms with Gasteiger partial charge in [-0.1, -0.05) is 23.7 Å². The van der Waals surface area contributed by atoms with Gasteiger partial charge < -0.3 is 10.2 Å². The molecule has 1 N–H and O–H groups in total. The fourth-order valence-electron chi connectivity index (χ4n) is 2.97. The molecule has 3 rings (SSSR count). The molecule has 0 unspecified atom stereocenters. The standard InChI is InChI=1S/C19H18ClFN2O2/c1-19(2)15-9-13(20)5-8-16(15)23(18(19)25)11-17(24)22-10-12-3-6-14(21)7-4-12/h3-9H,10-11H2,1-2H3,(H,22,24). The second kappa shape index (κ2) is 6.48. The molecule has 1 aliphatic rings. The highest BCUT2D eigenvalue weighted by atomic mass is 35.5. The van der Waals surface area contributed by atoms with Crippen LogP contribution in [0.3, 0.4) is 0 Å². The number of amides is 2. The third-order valence-electron chi connectivity index (χ3n) is 4.41. The lowest BCUT2D eigenvalue weighted by Crippen LogP contribution is -2.42. The van der Waals surface area contributed by atoms with Crippen molar-refractivity contribution in [1.82, 2.24) is 5.32 Å². The highest BCUT2D eigenvalue weighted by Crippen LogP contribution is 2.42. The molecule has 2 aromatic carbocycles. The van der Waals surface area contributed by atoms with Crippen LogP contribution < -0.4 is 10.2 Å². The lowest BCUT2D eigenvalue weighted by Gasteiger charge is -2.20. The molecule has 0 spiro atoms. The van der Waals surface area contributed by atoms with Crippen molar-refractivity contribution >= 4 is 29.1 Å². The maximum Gasteiger partial charge on any atom is 0.240 e. The molecular formula is C19H18ClFN2O2. The van der Waals surface area contributed by atoms with E-state index in [2.05, 4.69) is 5.32 Å². The topological polar surface area (TPSA) is 49.4 Å². The van der Waals surface area contributed by atoms with Crippen LogP contribution in [0.2, 0.25) is 5.02 Å². The van der Waals surface area contributed by atoms with Crippen molar-refractivity contribution < 1.29 is 14.0 Å². The number of halogens is 2. The summed E-state index contributed by atoms with van der Waals surface area (Å²) in [5.41, 5.74) is 1.58. The molecule has 25 heavy (non-hydrogen) atoms. The highest BCUT2D eigenvalue weighted by Gasteiger charge is 2.44. The summed E-state index contributed by atoms with van der Waals surface area (Å²) in [5.74, 6) is -0.742. The van der Waals surface area contributed by atoms with Crippen molar-refractivity contribution in [1.29, 1.82) is 0 Å². The number of rotatable bonds is 4. The van der Waals surface area contributed by atoms with Crippen LogP contribution in [0.1, 0.15) is 25.0 Å². The summed E-state index contributed by atoms with van der Waals surface area (Å²) < 4.78 is 12.9. The van der Waals surface area contributed by atoms with Crippen molar-refractivity contribution in [3.05, 3.63) is 64.4 Å². The summed E-state index contributed by atoms with van der Waals surface area (Å²) >= 11 is 6.04. The molecule has 130 valence electrons. The fourth-order valence-corrected chi connectivity index (χ4v) is 3.14. The van der Waals surface area contributed by atoms with Crippen LogP contribution in [0.15, 0.2) is 42.5 Å². The normalized spacial score (nSPS) is 15.2. The van der Waals surface area contributed by atoms with Crippen molar-refractivity contribution in [3.8, 4) is 0 Å². The number of hydrogen-bond acceptors (Lipinski definition) is 2. The number of nitrogens with zero attached hydrogens (tertiary/aromatic N) is 1. The van der Waals surface area contributed by atoms with Gasteiger partial charge in [0.1, 0.15) is 12.4 Å². The predicted molar refractivity (Wildman–Crippen MR) is 95.1 cm³/mol. The van der Waals surface area contributed by atoms with Crippen molar-refractivity contribution in [2.75, 3.05) is 11.4 Å². The quantitative estimate of drug-likeness (QED) is 0.908. The molecule has 0 saturated heterocycles. The van der Waals surface area contributed by atoms with E-state index in [4.69, 9.17) is 11.6 Å². The van der Waals surface area contributed by atoms with Gasteiger partial charge in [0.2, 0.25) is 11.8 Å². The molecule has 2 aromatic rings. The SMILES string of the molecule is CC1(C)C(=O)N(CC(=O)NCc2ccc(F)cc2)c2ccc(Cl)cc21. The van der Waals surface area contributed by atoms with Gasteiger partial charge in [0, 0.05) is 17.3 Å². The summed E-state index contributed by atoms with van der Waals surface area (Å²) in [6.45, 7) is 3.85. The summed E-state index contributed by atoms with van der Waals surface area (Å²) in [6, 6.07) is 11.1. The maximum atomic E-state index is 12.9. The van der Waals surface area contributed by atoms with E-state index < -0.39 is 5.41 Å². The van der Waals surface area contributed by atoms with Gasteiger partial charge in [-0.2, -0.15) is 0 Å². The van der Waals surface area contributed by atoms with Gasteiger partial charge in [-0.25, -0.2) is 4.39 Å². The zero-order valence-corrected chi connectivity index (χ0v) is 14.7. The molecule has 0 saturated carbocycles.